The number of sulfone groups is 1. The van der Waals surface area contributed by atoms with Gasteiger partial charge in [0, 0.05) is 39.5 Å². The van der Waals surface area contributed by atoms with Crippen LogP contribution in [-0.4, -0.2) is 52.7 Å². The average molecular weight is 530 g/mol. The third-order valence-corrected chi connectivity index (χ3v) is 5.66. The van der Waals surface area contributed by atoms with Crippen molar-refractivity contribution in [2.75, 3.05) is 33.4 Å². The molecular formula is C21H31IN4O2S. The highest BCUT2D eigenvalue weighted by atomic mass is 127. The van der Waals surface area contributed by atoms with E-state index in [1.807, 2.05) is 25.1 Å². The van der Waals surface area contributed by atoms with Gasteiger partial charge in [-0.25, -0.2) is 8.42 Å². The second-order valence-electron chi connectivity index (χ2n) is 6.95. The summed E-state index contributed by atoms with van der Waals surface area (Å²) in [6.45, 7) is 4.95. The van der Waals surface area contributed by atoms with E-state index in [1.54, 1.807) is 13.1 Å². The lowest BCUT2D eigenvalue weighted by molar-refractivity contribution is 0.331. The Bertz CT molecular complexity index is 902. The summed E-state index contributed by atoms with van der Waals surface area (Å²) in [5.74, 6) is 0.720. The van der Waals surface area contributed by atoms with Gasteiger partial charge in [-0.1, -0.05) is 42.5 Å². The molecule has 0 radical (unpaired) electrons. The number of aliphatic imine (C=N–C) groups is 1. The summed E-state index contributed by atoms with van der Waals surface area (Å²) in [4.78, 5) is 6.87. The summed E-state index contributed by atoms with van der Waals surface area (Å²) >= 11 is 0. The number of likely N-dealkylation sites (N-methyl/N-ethyl adjacent to an activating group) is 1. The van der Waals surface area contributed by atoms with Crippen LogP contribution in [0, 0.1) is 6.92 Å². The number of hydrogen-bond acceptors (Lipinski definition) is 4. The second-order valence-corrected chi connectivity index (χ2v) is 8.93. The molecule has 0 unspecified atom stereocenters. The summed E-state index contributed by atoms with van der Waals surface area (Å²) in [7, 11) is 0.641. The number of nitrogens with zero attached hydrogens (tertiary/aromatic N) is 2. The molecule has 0 fully saturated rings. The normalized spacial score (nSPS) is 11.8. The van der Waals surface area contributed by atoms with Crippen LogP contribution in [0.4, 0.5) is 0 Å². The SMILES string of the molecule is CN=C(NCCN(C)Cc1ccccc1)NCc1ccc(S(C)(=O)=O)c(C)c1.I. The summed E-state index contributed by atoms with van der Waals surface area (Å²) in [5.41, 5.74) is 3.06. The molecule has 2 rings (SSSR count). The molecular weight excluding hydrogens is 499 g/mol. The third kappa shape index (κ3) is 8.71. The summed E-state index contributed by atoms with van der Waals surface area (Å²) < 4.78 is 23.4. The minimum Gasteiger partial charge on any atom is -0.355 e. The monoisotopic (exact) mass is 530 g/mol. The number of nitrogens with one attached hydrogen (secondary N) is 2. The standard InChI is InChI=1S/C21H30N4O2S.HI/c1-17-14-19(10-11-20(17)28(4,26)27)15-24-21(22-2)23-12-13-25(3)16-18-8-6-5-7-9-18;/h5-11,14H,12-13,15-16H2,1-4H3,(H2,22,23,24);1H. The van der Waals surface area contributed by atoms with E-state index in [2.05, 4.69) is 51.8 Å². The largest absolute Gasteiger partial charge is 0.355 e. The quantitative estimate of drug-likeness (QED) is 0.312. The molecule has 0 heterocycles. The van der Waals surface area contributed by atoms with Crippen LogP contribution in [0.15, 0.2) is 58.4 Å². The van der Waals surface area contributed by atoms with Crippen molar-refractivity contribution in [3.05, 3.63) is 65.2 Å². The van der Waals surface area contributed by atoms with Crippen molar-refractivity contribution in [1.82, 2.24) is 15.5 Å². The summed E-state index contributed by atoms with van der Waals surface area (Å²) in [5, 5.41) is 6.57. The molecule has 0 amide bonds. The van der Waals surface area contributed by atoms with E-state index in [4.69, 9.17) is 0 Å². The maximum Gasteiger partial charge on any atom is 0.191 e. The molecule has 2 aromatic rings. The molecule has 0 aromatic heterocycles. The van der Waals surface area contributed by atoms with Crippen molar-refractivity contribution < 1.29 is 8.42 Å². The van der Waals surface area contributed by atoms with Crippen LogP contribution in [0.25, 0.3) is 0 Å². The maximum atomic E-state index is 11.7. The Hall–Kier alpha value is -1.65. The first-order valence-electron chi connectivity index (χ1n) is 9.26. The van der Waals surface area contributed by atoms with Crippen LogP contribution < -0.4 is 10.6 Å². The molecule has 6 nitrogen and oxygen atoms in total. The molecule has 29 heavy (non-hydrogen) atoms. The molecule has 2 N–H and O–H groups in total. The minimum absolute atomic E-state index is 0. The van der Waals surface area contributed by atoms with Gasteiger partial charge < -0.3 is 15.5 Å². The zero-order chi connectivity index (χ0) is 20.6. The Labute approximate surface area is 191 Å². The Morgan fingerprint density at radius 1 is 1.07 bits per heavy atom. The topological polar surface area (TPSA) is 73.8 Å². The number of guanidine groups is 1. The fourth-order valence-corrected chi connectivity index (χ4v) is 3.94. The van der Waals surface area contributed by atoms with E-state index in [0.29, 0.717) is 11.4 Å². The first-order chi connectivity index (χ1) is 13.3. The Kier molecular flexibility index (Phi) is 10.6. The van der Waals surface area contributed by atoms with Crippen LogP contribution in [0.3, 0.4) is 0 Å². The Balaban J connectivity index is 0.00000420. The molecule has 0 spiro atoms. The van der Waals surface area contributed by atoms with Gasteiger partial charge >= 0.3 is 0 Å². The van der Waals surface area contributed by atoms with E-state index in [0.717, 1.165) is 36.7 Å². The lowest BCUT2D eigenvalue weighted by Crippen LogP contribution is -2.40. The molecule has 0 bridgehead atoms. The van der Waals surface area contributed by atoms with Crippen molar-refractivity contribution in [3.63, 3.8) is 0 Å². The molecule has 0 atom stereocenters. The van der Waals surface area contributed by atoms with Crippen molar-refractivity contribution in [1.29, 1.82) is 0 Å². The highest BCUT2D eigenvalue weighted by molar-refractivity contribution is 14.0. The van der Waals surface area contributed by atoms with Gasteiger partial charge in [-0.2, -0.15) is 0 Å². The maximum absolute atomic E-state index is 11.7. The summed E-state index contributed by atoms with van der Waals surface area (Å²) in [6.07, 6.45) is 1.23. The Morgan fingerprint density at radius 2 is 1.76 bits per heavy atom. The van der Waals surface area contributed by atoms with E-state index in [1.165, 1.54) is 11.8 Å². The van der Waals surface area contributed by atoms with E-state index < -0.39 is 9.84 Å². The molecule has 0 saturated carbocycles. The van der Waals surface area contributed by atoms with Gasteiger partial charge in [-0.3, -0.25) is 4.99 Å². The van der Waals surface area contributed by atoms with Crippen molar-refractivity contribution in [2.45, 2.75) is 24.9 Å². The second kappa shape index (κ2) is 12.1. The lowest BCUT2D eigenvalue weighted by atomic mass is 10.1. The van der Waals surface area contributed by atoms with E-state index in [9.17, 15) is 8.42 Å². The number of halogens is 1. The van der Waals surface area contributed by atoms with E-state index >= 15 is 0 Å². The smallest absolute Gasteiger partial charge is 0.191 e. The van der Waals surface area contributed by atoms with E-state index in [-0.39, 0.29) is 24.0 Å². The first-order valence-corrected chi connectivity index (χ1v) is 11.2. The summed E-state index contributed by atoms with van der Waals surface area (Å²) in [6, 6.07) is 15.8. The fourth-order valence-electron chi connectivity index (χ4n) is 2.98. The zero-order valence-corrected chi connectivity index (χ0v) is 20.6. The van der Waals surface area contributed by atoms with Gasteiger partial charge in [0.05, 0.1) is 4.90 Å². The van der Waals surface area contributed by atoms with Gasteiger partial charge in [0.1, 0.15) is 0 Å². The Morgan fingerprint density at radius 3 is 2.34 bits per heavy atom. The van der Waals surface area contributed by atoms with Crippen molar-refractivity contribution >= 4 is 39.8 Å². The van der Waals surface area contributed by atoms with Crippen LogP contribution >= 0.6 is 24.0 Å². The third-order valence-electron chi connectivity index (χ3n) is 4.40. The fraction of sp³-hybridized carbons (Fsp3) is 0.381. The number of hydrogen-bond donors (Lipinski definition) is 2. The highest BCUT2D eigenvalue weighted by Gasteiger charge is 2.11. The minimum atomic E-state index is -3.19. The van der Waals surface area contributed by atoms with Crippen molar-refractivity contribution in [3.8, 4) is 0 Å². The number of aryl methyl sites for hydroxylation is 1. The van der Waals surface area contributed by atoms with Gasteiger partial charge in [-0.15, -0.1) is 24.0 Å². The molecule has 8 heteroatoms. The molecule has 0 aliphatic heterocycles. The predicted molar refractivity (Wildman–Crippen MR) is 131 cm³/mol. The first kappa shape index (κ1) is 25.4. The highest BCUT2D eigenvalue weighted by Crippen LogP contribution is 2.16. The van der Waals surface area contributed by atoms with Crippen molar-refractivity contribution in [2.24, 2.45) is 4.99 Å². The number of rotatable bonds is 8. The molecule has 0 aliphatic rings. The van der Waals surface area contributed by atoms with Crippen LogP contribution in [-0.2, 0) is 22.9 Å². The zero-order valence-electron chi connectivity index (χ0n) is 17.5. The molecule has 0 saturated heterocycles. The van der Waals surface area contributed by atoms with Gasteiger partial charge in [0.15, 0.2) is 15.8 Å². The molecule has 2 aromatic carbocycles. The lowest BCUT2D eigenvalue weighted by Gasteiger charge is -2.18. The average Bonchev–Trinajstić information content (AvgIpc) is 2.64. The molecule has 160 valence electrons. The van der Waals surface area contributed by atoms with Gasteiger partial charge in [0.2, 0.25) is 0 Å². The van der Waals surface area contributed by atoms with Crippen LogP contribution in [0.1, 0.15) is 16.7 Å². The predicted octanol–water partition coefficient (Wildman–Crippen LogP) is 2.81. The van der Waals surface area contributed by atoms with Crippen LogP contribution in [0.5, 0.6) is 0 Å². The number of benzene rings is 2. The van der Waals surface area contributed by atoms with Gasteiger partial charge in [-0.05, 0) is 36.7 Å². The molecule has 0 aliphatic carbocycles. The van der Waals surface area contributed by atoms with Gasteiger partial charge in [0.25, 0.3) is 0 Å². The van der Waals surface area contributed by atoms with Crippen LogP contribution in [0.2, 0.25) is 0 Å².